The first-order valence-electron chi connectivity index (χ1n) is 17.4. The monoisotopic (exact) mass is 890 g/mol. The summed E-state index contributed by atoms with van der Waals surface area (Å²) in [5.74, 6) is 1.27. The summed E-state index contributed by atoms with van der Waals surface area (Å²) in [4.78, 5) is 8.19. The van der Waals surface area contributed by atoms with E-state index < -0.39 is 0 Å². The molecule has 6 aromatic carbocycles. The largest absolute Gasteiger partial charge is 0.421 e. The van der Waals surface area contributed by atoms with E-state index in [2.05, 4.69) is 115 Å². The van der Waals surface area contributed by atoms with Gasteiger partial charge < -0.3 is 19.2 Å². The Morgan fingerprint density at radius 1 is 0.527 bits per heavy atom. The number of hydrogen-bond acceptors (Lipinski definition) is 3. The Balaban J connectivity index is 0.000000131. The maximum atomic E-state index is 4.10. The molecule has 0 atom stereocenters. The molecule has 10 rings (SSSR count). The molecule has 0 unspecified atom stereocenters. The van der Waals surface area contributed by atoms with Crippen molar-refractivity contribution in [3.63, 3.8) is 0 Å². The number of hydrogen-bond donors (Lipinski definition) is 0. The van der Waals surface area contributed by atoms with Gasteiger partial charge in [0.25, 0.3) is 12.7 Å². The number of benzene rings is 6. The van der Waals surface area contributed by atoms with Gasteiger partial charge in [-0.3, -0.25) is 19.2 Å². The molecule has 0 aliphatic carbocycles. The Bertz CT molecular complexity index is 2410. The molecule has 269 valence electrons. The second kappa shape index (κ2) is 17.4. The number of imidazole rings is 2. The number of aromatic nitrogens is 8. The van der Waals surface area contributed by atoms with Gasteiger partial charge >= 0.3 is 0 Å². The van der Waals surface area contributed by atoms with Crippen LogP contribution in [-0.2, 0) is 20.1 Å². The predicted molar refractivity (Wildman–Crippen MR) is 208 cm³/mol. The van der Waals surface area contributed by atoms with Crippen LogP contribution < -0.4 is 14.2 Å². The number of pyridine rings is 1. The summed E-state index contributed by atoms with van der Waals surface area (Å²) < 4.78 is 8.25. The summed E-state index contributed by atoms with van der Waals surface area (Å²) in [5.41, 5.74) is 9.42. The second-order valence-corrected chi connectivity index (χ2v) is 12.1. The van der Waals surface area contributed by atoms with Crippen LogP contribution in [0.3, 0.4) is 0 Å². The summed E-state index contributed by atoms with van der Waals surface area (Å²) in [5, 5.41) is 7.65. The van der Waals surface area contributed by atoms with Gasteiger partial charge in [-0.05, 0) is 60.5 Å². The number of nitrogens with zero attached hydrogens (tertiary/aromatic N) is 8. The number of rotatable bonds is 5. The van der Waals surface area contributed by atoms with Gasteiger partial charge in [0, 0.05) is 32.1 Å². The van der Waals surface area contributed by atoms with E-state index in [-0.39, 0.29) is 20.1 Å². The quantitative estimate of drug-likeness (QED) is 0.131. The Morgan fingerprint density at radius 3 is 1.44 bits per heavy atom. The molecule has 0 N–H and O–H groups in total. The summed E-state index contributed by atoms with van der Waals surface area (Å²) in [6, 6.07) is 65.2. The third kappa shape index (κ3) is 8.24. The van der Waals surface area contributed by atoms with Crippen molar-refractivity contribution >= 4 is 22.1 Å². The molecule has 8 nitrogen and oxygen atoms in total. The summed E-state index contributed by atoms with van der Waals surface area (Å²) in [6.45, 7) is 1.80. The molecule has 0 fully saturated rings. The van der Waals surface area contributed by atoms with Crippen LogP contribution in [0.4, 0.5) is 0 Å². The van der Waals surface area contributed by atoms with Crippen LogP contribution in [0.2, 0.25) is 0 Å². The van der Waals surface area contributed by atoms with E-state index >= 15 is 0 Å². The van der Waals surface area contributed by atoms with Crippen LogP contribution in [0, 0.1) is 31.7 Å². The predicted octanol–water partition coefficient (Wildman–Crippen LogP) is 7.82. The normalized spacial score (nSPS) is 10.5. The SMILES string of the molecule is Cc1n[n-]c(-c2ccccn2)n1.[Ir].[c-]1ccccc1-n1[c-][n+](-c2ccccc2)c2ccccc21.[c-]1ccccc1-n1[c-][n+](-c2ccccc2)c2ccccc21. The van der Waals surface area contributed by atoms with Gasteiger partial charge in [0.15, 0.2) is 0 Å². The number of fused-ring (bicyclic) bond motifs is 2. The van der Waals surface area contributed by atoms with E-state index in [0.29, 0.717) is 11.6 Å². The fraction of sp³-hybridized carbons (Fsp3) is 0.0217. The van der Waals surface area contributed by atoms with E-state index in [1.54, 1.807) is 13.1 Å². The molecule has 1 radical (unpaired) electrons. The van der Waals surface area contributed by atoms with Crippen molar-refractivity contribution in [2.24, 2.45) is 0 Å². The second-order valence-electron chi connectivity index (χ2n) is 12.1. The standard InChI is InChI=1S/2C19H13N2.C8H7N4.Ir/c2*1-3-9-16(10-4-1)20-15-21(17-11-5-2-6-12-17)19-14-8-7-13-18(19)20;1-6-10-8(12-11-6)7-4-2-3-5-9-7;/h2*1-11,13-14H;2-5H,1H3;/q3*-1;. The van der Waals surface area contributed by atoms with E-state index in [1.807, 2.05) is 124 Å². The molecule has 4 aromatic heterocycles. The molecule has 0 aliphatic heterocycles. The van der Waals surface area contributed by atoms with E-state index in [9.17, 15) is 0 Å². The minimum Gasteiger partial charge on any atom is -0.421 e. The number of aryl methyl sites for hydroxylation is 1. The van der Waals surface area contributed by atoms with Crippen LogP contribution in [0.25, 0.3) is 56.3 Å². The van der Waals surface area contributed by atoms with Crippen molar-refractivity contribution in [2.75, 3.05) is 0 Å². The molecule has 0 saturated heterocycles. The van der Waals surface area contributed by atoms with Gasteiger partial charge in [-0.25, -0.2) is 0 Å². The summed E-state index contributed by atoms with van der Waals surface area (Å²) >= 11 is 0. The summed E-state index contributed by atoms with van der Waals surface area (Å²) in [6.07, 6.45) is 8.56. The smallest absolute Gasteiger partial charge is 0.268 e. The Labute approximate surface area is 333 Å². The molecule has 0 aliphatic rings. The maximum Gasteiger partial charge on any atom is 0.268 e. The minimum atomic E-state index is 0. The average Bonchev–Trinajstić information content (AvgIpc) is 3.99. The van der Waals surface area contributed by atoms with Crippen molar-refractivity contribution < 1.29 is 29.2 Å². The van der Waals surface area contributed by atoms with Crippen molar-refractivity contribution in [2.45, 2.75) is 6.92 Å². The zero-order valence-electron chi connectivity index (χ0n) is 29.7. The van der Waals surface area contributed by atoms with E-state index in [0.717, 1.165) is 50.5 Å². The topological polar surface area (TPSA) is 70.4 Å². The molecule has 4 heterocycles. The van der Waals surface area contributed by atoms with Gasteiger partial charge in [0.2, 0.25) is 0 Å². The maximum absolute atomic E-state index is 4.10. The van der Waals surface area contributed by atoms with Crippen molar-refractivity contribution in [3.8, 4) is 34.3 Å². The molecule has 0 spiro atoms. The van der Waals surface area contributed by atoms with Crippen molar-refractivity contribution in [1.29, 1.82) is 0 Å². The molecular formula is C46H33IrN8-3. The Morgan fingerprint density at radius 2 is 1.00 bits per heavy atom. The molecule has 0 amide bonds. The van der Waals surface area contributed by atoms with Crippen molar-refractivity contribution in [1.82, 2.24) is 29.3 Å². The van der Waals surface area contributed by atoms with E-state index in [1.165, 1.54) is 0 Å². The zero-order chi connectivity index (χ0) is 36.5. The first-order valence-corrected chi connectivity index (χ1v) is 17.4. The first kappa shape index (κ1) is 36.6. The average molecular weight is 890 g/mol. The molecule has 55 heavy (non-hydrogen) atoms. The fourth-order valence-corrected chi connectivity index (χ4v) is 5.98. The summed E-state index contributed by atoms with van der Waals surface area (Å²) in [7, 11) is 0. The zero-order valence-corrected chi connectivity index (χ0v) is 32.1. The van der Waals surface area contributed by atoms with Crippen LogP contribution in [0.1, 0.15) is 5.82 Å². The van der Waals surface area contributed by atoms with Gasteiger partial charge in [-0.15, -0.1) is 0 Å². The van der Waals surface area contributed by atoms with Gasteiger partial charge in [-0.1, -0.05) is 91.0 Å². The van der Waals surface area contributed by atoms with Crippen LogP contribution in [0.5, 0.6) is 0 Å². The Kier molecular flexibility index (Phi) is 11.5. The molecule has 0 bridgehead atoms. The third-order valence-corrected chi connectivity index (χ3v) is 8.47. The third-order valence-electron chi connectivity index (χ3n) is 8.47. The van der Waals surface area contributed by atoms with E-state index in [4.69, 9.17) is 0 Å². The molecular weight excluding hydrogens is 857 g/mol. The minimum absolute atomic E-state index is 0. The molecule has 0 saturated carbocycles. The first-order chi connectivity index (χ1) is 26.7. The fourth-order valence-electron chi connectivity index (χ4n) is 5.98. The Hall–Kier alpha value is -6.80. The number of para-hydroxylation sites is 8. The van der Waals surface area contributed by atoms with Gasteiger partial charge in [-0.2, -0.15) is 60.7 Å². The van der Waals surface area contributed by atoms with Crippen LogP contribution in [0.15, 0.2) is 182 Å². The van der Waals surface area contributed by atoms with Crippen molar-refractivity contribution in [3.05, 3.63) is 213 Å². The van der Waals surface area contributed by atoms with Crippen LogP contribution in [-0.4, -0.2) is 24.2 Å². The van der Waals surface area contributed by atoms with Gasteiger partial charge in [0.1, 0.15) is 0 Å². The van der Waals surface area contributed by atoms with Gasteiger partial charge in [0.05, 0.1) is 39.1 Å². The van der Waals surface area contributed by atoms with Crippen LogP contribution >= 0.6 is 0 Å². The molecule has 9 heteroatoms. The molecule has 10 aromatic rings.